The Morgan fingerprint density at radius 2 is 1.04 bits per heavy atom. The molecule has 0 unspecified atom stereocenters. The summed E-state index contributed by atoms with van der Waals surface area (Å²) in [4.78, 5) is 0. The number of hydrogen-bond donors (Lipinski definition) is 0. The largest absolute Gasteiger partial charge is 0.142 e. The van der Waals surface area contributed by atoms with Gasteiger partial charge in [-0.3, -0.25) is 0 Å². The molecule has 2 aliphatic carbocycles. The van der Waals surface area contributed by atoms with Crippen LogP contribution in [0.15, 0.2) is 0 Å². The highest BCUT2D eigenvalue weighted by atomic mass is 32.2. The van der Waals surface area contributed by atoms with Crippen LogP contribution in [0, 0.1) is 10.8 Å². The molecular weight excluding hydrogens is 405 g/mol. The minimum atomic E-state index is 0.439. The van der Waals surface area contributed by atoms with Gasteiger partial charge >= 0.3 is 0 Å². The Balaban J connectivity index is 1.72. The molecule has 0 aromatic heterocycles. The molecule has 4 rings (SSSR count). The van der Waals surface area contributed by atoms with E-state index in [1.807, 2.05) is 0 Å². The first kappa shape index (κ1) is 21.6. The number of hydrogen-bond acceptors (Lipinski definition) is 4. The summed E-state index contributed by atoms with van der Waals surface area (Å²) in [6, 6.07) is 0. The fraction of sp³-hybridized carbons (Fsp3) is 1.00. The maximum Gasteiger partial charge on any atom is 0.0901 e. The molecule has 0 nitrogen and oxygen atoms in total. The van der Waals surface area contributed by atoms with Crippen molar-refractivity contribution in [3.05, 3.63) is 0 Å². The van der Waals surface area contributed by atoms with Crippen molar-refractivity contribution in [3.8, 4) is 0 Å². The number of rotatable bonds is 4. The summed E-state index contributed by atoms with van der Waals surface area (Å²) in [6.45, 7) is 5.39. The third kappa shape index (κ3) is 4.13. The van der Waals surface area contributed by atoms with Gasteiger partial charge in [0.1, 0.15) is 0 Å². The zero-order valence-corrected chi connectivity index (χ0v) is 20.9. The molecule has 4 heteroatoms. The van der Waals surface area contributed by atoms with E-state index in [2.05, 4.69) is 60.9 Å². The Hall–Kier alpha value is 1.40. The van der Waals surface area contributed by atoms with Crippen molar-refractivity contribution < 1.29 is 0 Å². The van der Waals surface area contributed by atoms with Crippen LogP contribution >= 0.6 is 47.0 Å². The van der Waals surface area contributed by atoms with Crippen molar-refractivity contribution in [3.63, 3.8) is 0 Å². The van der Waals surface area contributed by atoms with E-state index in [1.54, 1.807) is 0 Å². The average Bonchev–Trinajstić information content (AvgIpc) is 2.70. The highest BCUT2D eigenvalue weighted by molar-refractivity contribution is 8.25. The molecule has 0 radical (unpaired) electrons. The second kappa shape index (κ2) is 8.87. The van der Waals surface area contributed by atoms with E-state index < -0.39 is 0 Å². The van der Waals surface area contributed by atoms with Crippen LogP contribution < -0.4 is 0 Å². The predicted octanol–water partition coefficient (Wildman–Crippen LogP) is 8.45. The van der Waals surface area contributed by atoms with Gasteiger partial charge in [-0.15, -0.1) is 47.0 Å². The van der Waals surface area contributed by atoms with Crippen molar-refractivity contribution in [2.75, 3.05) is 23.0 Å². The summed E-state index contributed by atoms with van der Waals surface area (Å²) in [5, 5.41) is 0. The second-order valence-corrected chi connectivity index (χ2v) is 16.1. The molecule has 0 atom stereocenters. The molecule has 0 spiro atoms. The summed E-state index contributed by atoms with van der Waals surface area (Å²) >= 11 is 9.70. The molecule has 2 aliphatic heterocycles. The SMILES string of the molecule is CC1(CC2(C3(C4(C)CCCCC4)SCCCS3)SCCCS2)CCCCC1. The molecule has 0 N–H and O–H groups in total. The fourth-order valence-corrected chi connectivity index (χ4v) is 15.6. The van der Waals surface area contributed by atoms with Crippen molar-refractivity contribution in [2.45, 2.75) is 105 Å². The van der Waals surface area contributed by atoms with Gasteiger partial charge in [-0.05, 0) is 78.8 Å². The van der Waals surface area contributed by atoms with Gasteiger partial charge in [0.2, 0.25) is 0 Å². The Kier molecular flexibility index (Phi) is 7.10. The Labute approximate surface area is 185 Å². The maximum atomic E-state index is 2.72. The maximum absolute atomic E-state index is 2.72. The summed E-state index contributed by atoms with van der Waals surface area (Å²) in [5.41, 5.74) is 1.12. The normalized spacial score (nSPS) is 32.7. The van der Waals surface area contributed by atoms with Crippen molar-refractivity contribution in [1.29, 1.82) is 0 Å². The Morgan fingerprint density at radius 3 is 1.59 bits per heavy atom. The van der Waals surface area contributed by atoms with Crippen molar-refractivity contribution >= 4 is 47.0 Å². The second-order valence-electron chi connectivity index (χ2n) is 10.1. The minimum absolute atomic E-state index is 0.439. The quantitative estimate of drug-likeness (QED) is 0.426. The lowest BCUT2D eigenvalue weighted by atomic mass is 9.67. The van der Waals surface area contributed by atoms with E-state index in [4.69, 9.17) is 0 Å². The molecule has 4 aliphatic rings. The zero-order chi connectivity index (χ0) is 18.8. The van der Waals surface area contributed by atoms with E-state index in [0.717, 1.165) is 0 Å². The summed E-state index contributed by atoms with van der Waals surface area (Å²) in [7, 11) is 0. The smallest absolute Gasteiger partial charge is 0.0901 e. The van der Waals surface area contributed by atoms with Gasteiger partial charge < -0.3 is 0 Å². The Morgan fingerprint density at radius 1 is 0.556 bits per heavy atom. The third-order valence-electron chi connectivity index (χ3n) is 7.83. The summed E-state index contributed by atoms with van der Waals surface area (Å²) < 4.78 is 0.883. The molecule has 0 aromatic carbocycles. The van der Waals surface area contributed by atoms with Crippen LogP contribution in [0.4, 0.5) is 0 Å². The van der Waals surface area contributed by atoms with Gasteiger partial charge in [-0.1, -0.05) is 52.4 Å². The standard InChI is InChI=1S/C23H40S4/c1-20(11-5-3-6-12-20)19-22(24-15-9-16-25-22)23(26-17-10-18-27-23)21(2)13-7-4-8-14-21/h3-19H2,1-2H3. The third-order valence-corrected chi connectivity index (χ3v) is 16.1. The van der Waals surface area contributed by atoms with Crippen LogP contribution in [0.3, 0.4) is 0 Å². The van der Waals surface area contributed by atoms with E-state index in [9.17, 15) is 0 Å². The van der Waals surface area contributed by atoms with E-state index >= 15 is 0 Å². The van der Waals surface area contributed by atoms with E-state index in [-0.39, 0.29) is 0 Å². The molecule has 27 heavy (non-hydrogen) atoms. The minimum Gasteiger partial charge on any atom is -0.142 e. The molecule has 0 aromatic rings. The first-order chi connectivity index (χ1) is 13.0. The highest BCUT2D eigenvalue weighted by Gasteiger charge is 2.64. The molecule has 2 saturated carbocycles. The lowest BCUT2D eigenvalue weighted by Crippen LogP contribution is -2.59. The van der Waals surface area contributed by atoms with Gasteiger partial charge in [0.05, 0.1) is 8.16 Å². The van der Waals surface area contributed by atoms with E-state index in [0.29, 0.717) is 19.0 Å². The summed E-state index contributed by atoms with van der Waals surface area (Å²) in [6.07, 6.45) is 19.1. The first-order valence-corrected chi connectivity index (χ1v) is 15.5. The van der Waals surface area contributed by atoms with Crippen molar-refractivity contribution in [1.82, 2.24) is 0 Å². The highest BCUT2D eigenvalue weighted by Crippen LogP contribution is 2.73. The molecule has 0 amide bonds. The van der Waals surface area contributed by atoms with Crippen LogP contribution in [-0.2, 0) is 0 Å². The van der Waals surface area contributed by atoms with Crippen LogP contribution in [0.25, 0.3) is 0 Å². The van der Waals surface area contributed by atoms with Gasteiger partial charge in [-0.25, -0.2) is 0 Å². The summed E-state index contributed by atoms with van der Waals surface area (Å²) in [5.74, 6) is 5.62. The Bertz CT molecular complexity index is 479. The van der Waals surface area contributed by atoms with Crippen LogP contribution in [0.5, 0.6) is 0 Å². The van der Waals surface area contributed by atoms with Gasteiger partial charge in [0.15, 0.2) is 0 Å². The monoisotopic (exact) mass is 444 g/mol. The van der Waals surface area contributed by atoms with Crippen LogP contribution in [-0.4, -0.2) is 31.2 Å². The molecular formula is C23H40S4. The first-order valence-electron chi connectivity index (χ1n) is 11.6. The molecule has 156 valence electrons. The van der Waals surface area contributed by atoms with Gasteiger partial charge in [0.25, 0.3) is 0 Å². The van der Waals surface area contributed by atoms with Gasteiger partial charge in [0, 0.05) is 0 Å². The average molecular weight is 445 g/mol. The lowest BCUT2D eigenvalue weighted by molar-refractivity contribution is 0.145. The fourth-order valence-electron chi connectivity index (χ4n) is 6.35. The van der Waals surface area contributed by atoms with Crippen molar-refractivity contribution in [2.24, 2.45) is 10.8 Å². The zero-order valence-electron chi connectivity index (χ0n) is 17.7. The molecule has 0 bridgehead atoms. The molecule has 2 heterocycles. The van der Waals surface area contributed by atoms with E-state index in [1.165, 1.54) is 106 Å². The molecule has 4 fully saturated rings. The van der Waals surface area contributed by atoms with Gasteiger partial charge in [-0.2, -0.15) is 0 Å². The van der Waals surface area contributed by atoms with Crippen LogP contribution in [0.1, 0.15) is 97.3 Å². The lowest BCUT2D eigenvalue weighted by Gasteiger charge is -2.63. The predicted molar refractivity (Wildman–Crippen MR) is 132 cm³/mol. The number of thioether (sulfide) groups is 4. The molecule has 2 saturated heterocycles. The van der Waals surface area contributed by atoms with Crippen LogP contribution in [0.2, 0.25) is 0 Å². The topological polar surface area (TPSA) is 0 Å².